The number of rotatable bonds is 7. The minimum Gasteiger partial charge on any atom is -0.329 e. The van der Waals surface area contributed by atoms with Gasteiger partial charge in [0, 0.05) is 18.7 Å². The SMILES string of the molecule is Cc1ccc(S(=O)(=O)NC(CN)CC(C)C)c([N+](=O)[O-])c1.Cl. The fourth-order valence-corrected chi connectivity index (χ4v) is 3.46. The van der Waals surface area contributed by atoms with Gasteiger partial charge in [-0.15, -0.1) is 12.4 Å². The third-order valence-electron chi connectivity index (χ3n) is 2.96. The van der Waals surface area contributed by atoms with Gasteiger partial charge in [0.2, 0.25) is 10.0 Å². The summed E-state index contributed by atoms with van der Waals surface area (Å²) in [7, 11) is -3.98. The van der Waals surface area contributed by atoms with Crippen molar-refractivity contribution in [3.8, 4) is 0 Å². The van der Waals surface area contributed by atoms with Crippen LogP contribution in [0.15, 0.2) is 23.1 Å². The molecule has 0 bridgehead atoms. The number of hydrogen-bond donors (Lipinski definition) is 2. The first-order chi connectivity index (χ1) is 9.67. The molecule has 0 aliphatic rings. The first kappa shape index (κ1) is 20.8. The van der Waals surface area contributed by atoms with Gasteiger partial charge in [0.25, 0.3) is 5.69 Å². The number of hydrogen-bond acceptors (Lipinski definition) is 5. The number of nitrogens with one attached hydrogen (secondary N) is 1. The zero-order chi connectivity index (χ0) is 16.2. The number of nitro benzene ring substituents is 1. The van der Waals surface area contributed by atoms with Gasteiger partial charge in [-0.2, -0.15) is 0 Å². The van der Waals surface area contributed by atoms with Crippen LogP contribution < -0.4 is 10.5 Å². The number of nitrogens with zero attached hydrogens (tertiary/aromatic N) is 1. The summed E-state index contributed by atoms with van der Waals surface area (Å²) >= 11 is 0. The summed E-state index contributed by atoms with van der Waals surface area (Å²) in [5.74, 6) is 0.259. The Morgan fingerprint density at radius 1 is 1.36 bits per heavy atom. The van der Waals surface area contributed by atoms with Gasteiger partial charge in [0.05, 0.1) is 4.92 Å². The van der Waals surface area contributed by atoms with E-state index in [0.717, 1.165) is 0 Å². The summed E-state index contributed by atoms with van der Waals surface area (Å²) in [5, 5.41) is 11.0. The fraction of sp³-hybridized carbons (Fsp3) is 0.538. The summed E-state index contributed by atoms with van der Waals surface area (Å²) in [6.07, 6.45) is 0.565. The average Bonchev–Trinajstić information content (AvgIpc) is 2.36. The largest absolute Gasteiger partial charge is 0.329 e. The van der Waals surface area contributed by atoms with Crippen LogP contribution in [-0.4, -0.2) is 25.9 Å². The van der Waals surface area contributed by atoms with Crippen molar-refractivity contribution in [2.75, 3.05) is 6.54 Å². The molecule has 9 heteroatoms. The molecule has 0 saturated heterocycles. The highest BCUT2D eigenvalue weighted by molar-refractivity contribution is 7.89. The van der Waals surface area contributed by atoms with E-state index in [2.05, 4.69) is 4.72 Å². The number of nitrogens with two attached hydrogens (primary N) is 1. The molecular formula is C13H22ClN3O4S. The van der Waals surface area contributed by atoms with Gasteiger partial charge in [-0.25, -0.2) is 13.1 Å². The molecule has 0 amide bonds. The van der Waals surface area contributed by atoms with Crippen LogP contribution >= 0.6 is 12.4 Å². The highest BCUT2D eigenvalue weighted by Gasteiger charge is 2.28. The maximum atomic E-state index is 12.3. The Balaban J connectivity index is 0.00000441. The summed E-state index contributed by atoms with van der Waals surface area (Å²) in [4.78, 5) is 10.0. The zero-order valence-electron chi connectivity index (χ0n) is 12.8. The molecule has 3 N–H and O–H groups in total. The van der Waals surface area contributed by atoms with E-state index in [1.54, 1.807) is 6.92 Å². The monoisotopic (exact) mass is 351 g/mol. The Labute approximate surface area is 136 Å². The quantitative estimate of drug-likeness (QED) is 0.575. The summed E-state index contributed by atoms with van der Waals surface area (Å²) in [6, 6.07) is 3.57. The van der Waals surface area contributed by atoms with E-state index in [1.165, 1.54) is 18.2 Å². The van der Waals surface area contributed by atoms with E-state index in [0.29, 0.717) is 12.0 Å². The van der Waals surface area contributed by atoms with Crippen molar-refractivity contribution in [3.63, 3.8) is 0 Å². The molecule has 0 aromatic heterocycles. The molecule has 1 aromatic rings. The van der Waals surface area contributed by atoms with Crippen molar-refractivity contribution in [2.45, 2.75) is 38.1 Å². The van der Waals surface area contributed by atoms with Gasteiger partial charge in [0.15, 0.2) is 4.90 Å². The van der Waals surface area contributed by atoms with E-state index in [9.17, 15) is 18.5 Å². The smallest absolute Gasteiger partial charge is 0.289 e. The van der Waals surface area contributed by atoms with Crippen molar-refractivity contribution in [1.82, 2.24) is 4.72 Å². The molecule has 1 rings (SSSR count). The van der Waals surface area contributed by atoms with Crippen molar-refractivity contribution in [2.24, 2.45) is 11.7 Å². The number of nitro groups is 1. The van der Waals surface area contributed by atoms with Gasteiger partial charge in [-0.1, -0.05) is 19.9 Å². The number of benzene rings is 1. The van der Waals surface area contributed by atoms with Gasteiger partial charge in [-0.3, -0.25) is 10.1 Å². The molecule has 1 atom stereocenters. The molecule has 1 aromatic carbocycles. The maximum Gasteiger partial charge on any atom is 0.289 e. The van der Waals surface area contributed by atoms with Gasteiger partial charge in [-0.05, 0) is 30.9 Å². The minimum absolute atomic E-state index is 0. The van der Waals surface area contributed by atoms with Crippen LogP contribution in [0, 0.1) is 23.0 Å². The second-order valence-corrected chi connectivity index (χ2v) is 7.09. The molecule has 0 saturated carbocycles. The number of aryl methyl sites for hydroxylation is 1. The van der Waals surface area contributed by atoms with Crippen LogP contribution in [0.2, 0.25) is 0 Å². The first-order valence-electron chi connectivity index (χ1n) is 6.64. The van der Waals surface area contributed by atoms with Crippen LogP contribution in [-0.2, 0) is 10.0 Å². The second-order valence-electron chi connectivity index (χ2n) is 5.41. The lowest BCUT2D eigenvalue weighted by Gasteiger charge is -2.18. The maximum absolute atomic E-state index is 12.3. The summed E-state index contributed by atoms with van der Waals surface area (Å²) in [5.41, 5.74) is 5.76. The predicted molar refractivity (Wildman–Crippen MR) is 87.7 cm³/mol. The van der Waals surface area contributed by atoms with E-state index in [1.807, 2.05) is 13.8 Å². The standard InChI is InChI=1S/C13H21N3O4S.ClH/c1-9(2)6-11(8-14)15-21(19,20)13-5-4-10(3)7-12(13)16(17)18;/h4-5,7,9,11,15H,6,8,14H2,1-3H3;1H. The Morgan fingerprint density at radius 2 is 1.95 bits per heavy atom. The summed E-state index contributed by atoms with van der Waals surface area (Å²) < 4.78 is 27.1. The fourth-order valence-electron chi connectivity index (χ4n) is 2.04. The van der Waals surface area contributed by atoms with Crippen LogP contribution in [0.5, 0.6) is 0 Å². The molecular weight excluding hydrogens is 330 g/mol. The molecule has 1 unspecified atom stereocenters. The van der Waals surface area contributed by atoms with Crippen LogP contribution in [0.3, 0.4) is 0 Å². The first-order valence-corrected chi connectivity index (χ1v) is 8.13. The third-order valence-corrected chi connectivity index (χ3v) is 4.53. The lowest BCUT2D eigenvalue weighted by molar-refractivity contribution is -0.387. The molecule has 7 nitrogen and oxygen atoms in total. The van der Waals surface area contributed by atoms with Crippen molar-refractivity contribution in [1.29, 1.82) is 0 Å². The molecule has 0 aliphatic carbocycles. The van der Waals surface area contributed by atoms with Crippen molar-refractivity contribution in [3.05, 3.63) is 33.9 Å². The highest BCUT2D eigenvalue weighted by atomic mass is 35.5. The molecule has 0 heterocycles. The van der Waals surface area contributed by atoms with Crippen LogP contribution in [0.25, 0.3) is 0 Å². The van der Waals surface area contributed by atoms with E-state index in [-0.39, 0.29) is 29.8 Å². The third kappa shape index (κ3) is 5.53. The summed E-state index contributed by atoms with van der Waals surface area (Å²) in [6.45, 7) is 5.70. The minimum atomic E-state index is -3.98. The Kier molecular flexibility index (Phi) is 7.96. The number of halogens is 1. The normalized spacial score (nSPS) is 12.8. The lowest BCUT2D eigenvalue weighted by Crippen LogP contribution is -2.41. The van der Waals surface area contributed by atoms with Crippen molar-refractivity contribution >= 4 is 28.1 Å². The highest BCUT2D eigenvalue weighted by Crippen LogP contribution is 2.25. The van der Waals surface area contributed by atoms with Crippen LogP contribution in [0.1, 0.15) is 25.8 Å². The van der Waals surface area contributed by atoms with Crippen molar-refractivity contribution < 1.29 is 13.3 Å². The van der Waals surface area contributed by atoms with E-state index in [4.69, 9.17) is 5.73 Å². The Bertz CT molecular complexity index is 620. The number of sulfonamides is 1. The zero-order valence-corrected chi connectivity index (χ0v) is 14.4. The Morgan fingerprint density at radius 3 is 2.41 bits per heavy atom. The van der Waals surface area contributed by atoms with E-state index < -0.39 is 26.7 Å². The molecule has 0 aliphatic heterocycles. The average molecular weight is 352 g/mol. The van der Waals surface area contributed by atoms with Gasteiger partial charge >= 0.3 is 0 Å². The lowest BCUT2D eigenvalue weighted by atomic mass is 10.1. The topological polar surface area (TPSA) is 115 Å². The molecule has 22 heavy (non-hydrogen) atoms. The Hall–Kier alpha value is -1.22. The second kappa shape index (κ2) is 8.42. The molecule has 0 fully saturated rings. The molecule has 0 radical (unpaired) electrons. The van der Waals surface area contributed by atoms with Gasteiger partial charge < -0.3 is 5.73 Å². The predicted octanol–water partition coefficient (Wildman–Crippen LogP) is 1.98. The molecule has 0 spiro atoms. The van der Waals surface area contributed by atoms with Gasteiger partial charge in [0.1, 0.15) is 0 Å². The molecule has 126 valence electrons. The van der Waals surface area contributed by atoms with Crippen LogP contribution in [0.4, 0.5) is 5.69 Å². The van der Waals surface area contributed by atoms with E-state index >= 15 is 0 Å².